The van der Waals surface area contributed by atoms with Crippen LogP contribution >= 0.6 is 0 Å². The number of alkyl halides is 3. The molecule has 3 nitrogen and oxygen atoms in total. The summed E-state index contributed by atoms with van der Waals surface area (Å²) < 4.78 is 42.1. The first-order chi connectivity index (χ1) is 7.94. The van der Waals surface area contributed by atoms with Crippen molar-refractivity contribution in [1.29, 1.82) is 0 Å². The molecule has 0 aliphatic heterocycles. The van der Waals surface area contributed by atoms with Crippen LogP contribution in [0.5, 0.6) is 0 Å². The van der Waals surface area contributed by atoms with Gasteiger partial charge in [0.2, 0.25) is 0 Å². The van der Waals surface area contributed by atoms with Gasteiger partial charge in [0.25, 0.3) is 0 Å². The lowest BCUT2D eigenvalue weighted by atomic mass is 10.3. The largest absolute Gasteiger partial charge is 0.463 e. The third-order valence-electron chi connectivity index (χ3n) is 2.30. The topological polar surface area (TPSA) is 28.4 Å². The van der Waals surface area contributed by atoms with Crippen molar-refractivity contribution in [2.75, 3.05) is 20.1 Å². The fraction of sp³-hybridized carbons (Fsp3) is 0.636. The standard InChI is InChI=1S/C11H17F3N2O/c1-3-16(8-11(12,13)14)7-10-5-4-9(17-10)6-15-2/h4-5,15H,3,6-8H2,1-2H3. The number of nitrogens with zero attached hydrogens (tertiary/aromatic N) is 1. The minimum Gasteiger partial charge on any atom is -0.463 e. The highest BCUT2D eigenvalue weighted by Crippen LogP contribution is 2.18. The Morgan fingerprint density at radius 2 is 1.94 bits per heavy atom. The average Bonchev–Trinajstić information content (AvgIpc) is 2.63. The van der Waals surface area contributed by atoms with E-state index >= 15 is 0 Å². The first-order valence-corrected chi connectivity index (χ1v) is 5.46. The van der Waals surface area contributed by atoms with Gasteiger partial charge in [0.15, 0.2) is 0 Å². The molecule has 0 bridgehead atoms. The van der Waals surface area contributed by atoms with E-state index in [0.29, 0.717) is 18.8 Å². The molecule has 1 aromatic rings. The number of furan rings is 1. The predicted molar refractivity (Wildman–Crippen MR) is 58.5 cm³/mol. The molecule has 0 fully saturated rings. The van der Waals surface area contributed by atoms with Gasteiger partial charge >= 0.3 is 6.18 Å². The smallest absolute Gasteiger partial charge is 0.401 e. The summed E-state index contributed by atoms with van der Waals surface area (Å²) in [5.41, 5.74) is 0. The first kappa shape index (κ1) is 14.1. The molecule has 0 aliphatic carbocycles. The van der Waals surface area contributed by atoms with Crippen molar-refractivity contribution in [3.8, 4) is 0 Å². The highest BCUT2D eigenvalue weighted by molar-refractivity contribution is 5.07. The molecule has 0 radical (unpaired) electrons. The maximum Gasteiger partial charge on any atom is 0.401 e. The Morgan fingerprint density at radius 1 is 1.29 bits per heavy atom. The first-order valence-electron chi connectivity index (χ1n) is 5.46. The molecule has 0 saturated heterocycles. The van der Waals surface area contributed by atoms with Crippen LogP contribution in [0.4, 0.5) is 13.2 Å². The second-order valence-corrected chi connectivity index (χ2v) is 3.82. The molecule has 17 heavy (non-hydrogen) atoms. The quantitative estimate of drug-likeness (QED) is 0.840. The molecule has 6 heteroatoms. The van der Waals surface area contributed by atoms with Gasteiger partial charge in [0.05, 0.1) is 19.6 Å². The Balaban J connectivity index is 2.54. The molecule has 1 aromatic heterocycles. The molecule has 0 saturated carbocycles. The van der Waals surface area contributed by atoms with E-state index in [1.807, 2.05) is 0 Å². The van der Waals surface area contributed by atoms with Gasteiger partial charge in [0.1, 0.15) is 11.5 Å². The number of halogens is 3. The SMILES string of the molecule is CCN(Cc1ccc(CNC)o1)CC(F)(F)F. The summed E-state index contributed by atoms with van der Waals surface area (Å²) in [6.45, 7) is 1.88. The molecule has 0 unspecified atom stereocenters. The van der Waals surface area contributed by atoms with E-state index in [1.54, 1.807) is 26.1 Å². The lowest BCUT2D eigenvalue weighted by Crippen LogP contribution is -2.33. The monoisotopic (exact) mass is 250 g/mol. The summed E-state index contributed by atoms with van der Waals surface area (Å²) >= 11 is 0. The molecule has 1 rings (SSSR count). The lowest BCUT2D eigenvalue weighted by molar-refractivity contribution is -0.147. The Hall–Kier alpha value is -1.01. The van der Waals surface area contributed by atoms with Gasteiger partial charge in [-0.1, -0.05) is 6.92 Å². The van der Waals surface area contributed by atoms with Crippen LogP contribution in [0.2, 0.25) is 0 Å². The van der Waals surface area contributed by atoms with Gasteiger partial charge in [-0.15, -0.1) is 0 Å². The van der Waals surface area contributed by atoms with Crippen molar-refractivity contribution in [3.05, 3.63) is 23.7 Å². The summed E-state index contributed by atoms with van der Waals surface area (Å²) in [6.07, 6.45) is -4.17. The van der Waals surface area contributed by atoms with Crippen LogP contribution in [0.25, 0.3) is 0 Å². The minimum absolute atomic E-state index is 0.180. The number of hydrogen-bond donors (Lipinski definition) is 1. The van der Waals surface area contributed by atoms with E-state index in [0.717, 1.165) is 5.76 Å². The summed E-state index contributed by atoms with van der Waals surface area (Å²) in [6, 6.07) is 3.49. The summed E-state index contributed by atoms with van der Waals surface area (Å²) in [5, 5.41) is 2.92. The van der Waals surface area contributed by atoms with E-state index in [9.17, 15) is 13.2 Å². The third-order valence-corrected chi connectivity index (χ3v) is 2.30. The second-order valence-electron chi connectivity index (χ2n) is 3.82. The molecule has 0 aliphatic rings. The van der Waals surface area contributed by atoms with Gasteiger partial charge < -0.3 is 9.73 Å². The van der Waals surface area contributed by atoms with Crippen LogP contribution < -0.4 is 5.32 Å². The fourth-order valence-corrected chi connectivity index (χ4v) is 1.53. The second kappa shape index (κ2) is 6.07. The molecule has 0 spiro atoms. The van der Waals surface area contributed by atoms with E-state index in [-0.39, 0.29) is 6.54 Å². The molecule has 0 amide bonds. The van der Waals surface area contributed by atoms with E-state index in [2.05, 4.69) is 5.32 Å². The summed E-state index contributed by atoms with van der Waals surface area (Å²) in [5.74, 6) is 1.28. The zero-order chi connectivity index (χ0) is 12.9. The number of rotatable bonds is 6. The zero-order valence-corrected chi connectivity index (χ0v) is 9.97. The Bertz CT molecular complexity index is 336. The van der Waals surface area contributed by atoms with Crippen molar-refractivity contribution in [2.45, 2.75) is 26.2 Å². The molecule has 98 valence electrons. The molecule has 0 atom stereocenters. The van der Waals surface area contributed by atoms with Crippen molar-refractivity contribution < 1.29 is 17.6 Å². The van der Waals surface area contributed by atoms with Crippen molar-refractivity contribution in [1.82, 2.24) is 10.2 Å². The minimum atomic E-state index is -4.17. The maximum atomic E-state index is 12.2. The van der Waals surface area contributed by atoms with Crippen LogP contribution in [-0.4, -0.2) is 31.2 Å². The molecular formula is C11H17F3N2O. The number of nitrogens with one attached hydrogen (secondary N) is 1. The van der Waals surface area contributed by atoms with Gasteiger partial charge in [0, 0.05) is 0 Å². The summed E-state index contributed by atoms with van der Waals surface area (Å²) in [4.78, 5) is 1.29. The zero-order valence-electron chi connectivity index (χ0n) is 9.97. The molecule has 0 aromatic carbocycles. The Labute approximate surface area is 98.6 Å². The Kier molecular flexibility index (Phi) is 5.02. The van der Waals surface area contributed by atoms with Gasteiger partial charge in [-0.2, -0.15) is 13.2 Å². The molecule has 1 heterocycles. The lowest BCUT2D eigenvalue weighted by Gasteiger charge is -2.20. The van der Waals surface area contributed by atoms with Crippen LogP contribution in [0.3, 0.4) is 0 Å². The van der Waals surface area contributed by atoms with Crippen LogP contribution in [0.1, 0.15) is 18.4 Å². The van der Waals surface area contributed by atoms with E-state index in [4.69, 9.17) is 4.42 Å². The van der Waals surface area contributed by atoms with Crippen molar-refractivity contribution >= 4 is 0 Å². The summed E-state index contributed by atoms with van der Waals surface area (Å²) in [7, 11) is 1.78. The van der Waals surface area contributed by atoms with Crippen LogP contribution in [-0.2, 0) is 13.1 Å². The number of hydrogen-bond acceptors (Lipinski definition) is 3. The van der Waals surface area contributed by atoms with Crippen LogP contribution in [0.15, 0.2) is 16.5 Å². The Morgan fingerprint density at radius 3 is 2.47 bits per heavy atom. The van der Waals surface area contributed by atoms with Crippen molar-refractivity contribution in [3.63, 3.8) is 0 Å². The third kappa shape index (κ3) is 5.23. The molecular weight excluding hydrogens is 233 g/mol. The molecule has 1 N–H and O–H groups in total. The van der Waals surface area contributed by atoms with Crippen LogP contribution in [0, 0.1) is 0 Å². The average molecular weight is 250 g/mol. The van der Waals surface area contributed by atoms with Gasteiger partial charge in [-0.3, -0.25) is 4.90 Å². The maximum absolute atomic E-state index is 12.2. The highest BCUT2D eigenvalue weighted by Gasteiger charge is 2.30. The highest BCUT2D eigenvalue weighted by atomic mass is 19.4. The van der Waals surface area contributed by atoms with Crippen molar-refractivity contribution in [2.24, 2.45) is 0 Å². The predicted octanol–water partition coefficient (Wildman–Crippen LogP) is 2.38. The fourth-order valence-electron chi connectivity index (χ4n) is 1.53. The van der Waals surface area contributed by atoms with E-state index in [1.165, 1.54) is 4.90 Å². The normalized spacial score (nSPS) is 12.4. The van der Waals surface area contributed by atoms with Gasteiger partial charge in [-0.05, 0) is 25.7 Å². The van der Waals surface area contributed by atoms with E-state index < -0.39 is 12.7 Å². The van der Waals surface area contributed by atoms with Gasteiger partial charge in [-0.25, -0.2) is 0 Å².